The number of nitrogens with one attached hydrogen (secondary N) is 2. The van der Waals surface area contributed by atoms with Gasteiger partial charge in [-0.05, 0) is 37.3 Å². The molecule has 0 atom stereocenters. The summed E-state index contributed by atoms with van der Waals surface area (Å²) in [6.07, 6.45) is 0. The van der Waals surface area contributed by atoms with Crippen LogP contribution in [-0.4, -0.2) is 9.97 Å². The summed E-state index contributed by atoms with van der Waals surface area (Å²) in [6, 6.07) is 19.1. The van der Waals surface area contributed by atoms with E-state index in [1.807, 2.05) is 55.5 Å². The first-order chi connectivity index (χ1) is 11.6. The van der Waals surface area contributed by atoms with Crippen molar-refractivity contribution in [3.63, 3.8) is 0 Å². The lowest BCUT2D eigenvalue weighted by molar-refractivity contribution is 1.06. The molecule has 0 fully saturated rings. The van der Waals surface area contributed by atoms with Gasteiger partial charge in [0.2, 0.25) is 0 Å². The third-order valence-electron chi connectivity index (χ3n) is 3.25. The molecule has 0 unspecified atom stereocenters. The Kier molecular flexibility index (Phi) is 4.73. The highest BCUT2D eigenvalue weighted by Crippen LogP contribution is 2.23. The van der Waals surface area contributed by atoms with Crippen LogP contribution in [0.3, 0.4) is 0 Å². The van der Waals surface area contributed by atoms with E-state index in [1.54, 1.807) is 6.07 Å². The average Bonchev–Trinajstić information content (AvgIpc) is 2.55. The van der Waals surface area contributed by atoms with E-state index in [2.05, 4.69) is 42.6 Å². The van der Waals surface area contributed by atoms with Crippen LogP contribution in [0.1, 0.15) is 11.4 Å². The minimum absolute atomic E-state index is 0.565. The molecule has 0 saturated heterocycles. The summed E-state index contributed by atoms with van der Waals surface area (Å²) in [5.41, 5.74) is 2.20. The van der Waals surface area contributed by atoms with Crippen LogP contribution in [0.15, 0.2) is 59.1 Å². The normalized spacial score (nSPS) is 10.0. The summed E-state index contributed by atoms with van der Waals surface area (Å²) in [5.74, 6) is 1.94. The van der Waals surface area contributed by atoms with Crippen LogP contribution >= 0.6 is 15.9 Å². The van der Waals surface area contributed by atoms with Crippen LogP contribution in [0.25, 0.3) is 0 Å². The second-order valence-electron chi connectivity index (χ2n) is 5.10. The Hall–Kier alpha value is -2.91. The van der Waals surface area contributed by atoms with Crippen molar-refractivity contribution in [3.8, 4) is 6.07 Å². The van der Waals surface area contributed by atoms with Crippen molar-refractivity contribution < 1.29 is 0 Å². The summed E-state index contributed by atoms with van der Waals surface area (Å²) in [6.45, 7) is 1.83. The van der Waals surface area contributed by atoms with Gasteiger partial charge in [-0.2, -0.15) is 5.26 Å². The molecule has 6 heteroatoms. The maximum Gasteiger partial charge on any atom is 0.136 e. The molecular weight excluding hydrogens is 366 g/mol. The molecule has 3 aromatic rings. The molecule has 5 nitrogen and oxygen atoms in total. The molecule has 0 saturated carbocycles. The molecule has 1 heterocycles. The quantitative estimate of drug-likeness (QED) is 0.673. The van der Waals surface area contributed by atoms with Gasteiger partial charge in [0, 0.05) is 16.2 Å². The lowest BCUT2D eigenvalue weighted by atomic mass is 10.2. The molecule has 0 bridgehead atoms. The highest BCUT2D eigenvalue weighted by atomic mass is 79.9. The van der Waals surface area contributed by atoms with E-state index in [0.29, 0.717) is 28.7 Å². The topological polar surface area (TPSA) is 73.6 Å². The number of aromatic nitrogens is 2. The highest BCUT2D eigenvalue weighted by Gasteiger charge is 2.06. The van der Waals surface area contributed by atoms with E-state index in [1.165, 1.54) is 0 Å². The molecule has 24 heavy (non-hydrogen) atoms. The Morgan fingerprint density at radius 2 is 1.71 bits per heavy atom. The zero-order chi connectivity index (χ0) is 16.9. The molecule has 0 aliphatic rings. The van der Waals surface area contributed by atoms with E-state index < -0.39 is 0 Å². The first-order valence-electron chi connectivity index (χ1n) is 7.28. The van der Waals surface area contributed by atoms with Crippen molar-refractivity contribution in [1.29, 1.82) is 5.26 Å². The van der Waals surface area contributed by atoms with Gasteiger partial charge in [-0.25, -0.2) is 9.97 Å². The monoisotopic (exact) mass is 379 g/mol. The molecule has 0 radical (unpaired) electrons. The molecule has 2 aromatic carbocycles. The van der Waals surface area contributed by atoms with Gasteiger partial charge in [-0.3, -0.25) is 0 Å². The predicted molar refractivity (Wildman–Crippen MR) is 98.6 cm³/mol. The zero-order valence-corrected chi connectivity index (χ0v) is 14.5. The third kappa shape index (κ3) is 3.89. The van der Waals surface area contributed by atoms with Crippen LogP contribution in [0.4, 0.5) is 23.0 Å². The maximum absolute atomic E-state index is 9.19. The van der Waals surface area contributed by atoms with Gasteiger partial charge in [0.25, 0.3) is 0 Å². The summed E-state index contributed by atoms with van der Waals surface area (Å²) >= 11 is 3.45. The lowest BCUT2D eigenvalue weighted by Crippen LogP contribution is -2.02. The maximum atomic E-state index is 9.19. The van der Waals surface area contributed by atoms with Crippen molar-refractivity contribution in [2.75, 3.05) is 10.6 Å². The molecule has 0 aliphatic heterocycles. The summed E-state index contributed by atoms with van der Waals surface area (Å²) in [7, 11) is 0. The Morgan fingerprint density at radius 1 is 0.958 bits per heavy atom. The van der Waals surface area contributed by atoms with E-state index in [9.17, 15) is 5.26 Å². The zero-order valence-electron chi connectivity index (χ0n) is 12.9. The van der Waals surface area contributed by atoms with Crippen molar-refractivity contribution in [1.82, 2.24) is 9.97 Å². The second-order valence-corrected chi connectivity index (χ2v) is 6.02. The number of aryl methyl sites for hydroxylation is 1. The van der Waals surface area contributed by atoms with E-state index >= 15 is 0 Å². The van der Waals surface area contributed by atoms with Gasteiger partial charge in [0.15, 0.2) is 0 Å². The number of benzene rings is 2. The van der Waals surface area contributed by atoms with E-state index in [-0.39, 0.29) is 0 Å². The van der Waals surface area contributed by atoms with Crippen molar-refractivity contribution in [3.05, 3.63) is 70.5 Å². The SMILES string of the molecule is Cc1nc(Nc2cccc(Br)c2)cc(Nc2ccccc2C#N)n1. The van der Waals surface area contributed by atoms with Gasteiger partial charge >= 0.3 is 0 Å². The molecule has 118 valence electrons. The average molecular weight is 380 g/mol. The van der Waals surface area contributed by atoms with Gasteiger partial charge in [0.05, 0.1) is 11.3 Å². The molecule has 2 N–H and O–H groups in total. The smallest absolute Gasteiger partial charge is 0.136 e. The van der Waals surface area contributed by atoms with Crippen molar-refractivity contribution in [2.24, 2.45) is 0 Å². The fourth-order valence-corrected chi connectivity index (χ4v) is 2.64. The number of halogens is 1. The number of rotatable bonds is 4. The molecule has 0 aliphatic carbocycles. The fourth-order valence-electron chi connectivity index (χ4n) is 2.24. The standard InChI is InChI=1S/C18H14BrN5/c1-12-21-17(23-15-7-4-6-14(19)9-15)10-18(22-12)24-16-8-3-2-5-13(16)11-20/h2-10H,1H3,(H2,21,22,23,24). The summed E-state index contributed by atoms with van der Waals surface area (Å²) in [5, 5.41) is 15.6. The number of para-hydroxylation sites is 1. The number of nitrogens with zero attached hydrogens (tertiary/aromatic N) is 3. The minimum atomic E-state index is 0.565. The van der Waals surface area contributed by atoms with Crippen LogP contribution in [0, 0.1) is 18.3 Å². The van der Waals surface area contributed by atoms with E-state index in [4.69, 9.17) is 0 Å². The van der Waals surface area contributed by atoms with Gasteiger partial charge < -0.3 is 10.6 Å². The largest absolute Gasteiger partial charge is 0.340 e. The first kappa shape index (κ1) is 16.0. The number of anilines is 4. The Labute approximate surface area is 148 Å². The van der Waals surface area contributed by atoms with Crippen LogP contribution in [0.2, 0.25) is 0 Å². The minimum Gasteiger partial charge on any atom is -0.340 e. The van der Waals surface area contributed by atoms with Crippen LogP contribution in [0.5, 0.6) is 0 Å². The Bertz CT molecular complexity index is 917. The first-order valence-corrected chi connectivity index (χ1v) is 8.08. The number of nitriles is 1. The summed E-state index contributed by atoms with van der Waals surface area (Å²) < 4.78 is 0.986. The third-order valence-corrected chi connectivity index (χ3v) is 3.74. The van der Waals surface area contributed by atoms with Gasteiger partial charge in [-0.1, -0.05) is 34.1 Å². The molecule has 1 aromatic heterocycles. The molecule has 3 rings (SSSR count). The molecule has 0 spiro atoms. The van der Waals surface area contributed by atoms with Crippen LogP contribution < -0.4 is 10.6 Å². The lowest BCUT2D eigenvalue weighted by Gasteiger charge is -2.11. The van der Waals surface area contributed by atoms with Crippen LogP contribution in [-0.2, 0) is 0 Å². The van der Waals surface area contributed by atoms with Gasteiger partial charge in [0.1, 0.15) is 23.5 Å². The second kappa shape index (κ2) is 7.11. The molecular formula is C18H14BrN5. The van der Waals surface area contributed by atoms with E-state index in [0.717, 1.165) is 10.2 Å². The predicted octanol–water partition coefficient (Wildman–Crippen LogP) is 4.91. The number of hydrogen-bond donors (Lipinski definition) is 2. The van der Waals surface area contributed by atoms with Gasteiger partial charge in [-0.15, -0.1) is 0 Å². The fraction of sp³-hybridized carbons (Fsp3) is 0.0556. The van der Waals surface area contributed by atoms with Crippen molar-refractivity contribution in [2.45, 2.75) is 6.92 Å². The number of hydrogen-bond acceptors (Lipinski definition) is 5. The van der Waals surface area contributed by atoms with Crippen molar-refractivity contribution >= 4 is 38.9 Å². The Morgan fingerprint density at radius 3 is 2.46 bits per heavy atom. The highest BCUT2D eigenvalue weighted by molar-refractivity contribution is 9.10. The molecule has 0 amide bonds. The summed E-state index contributed by atoms with van der Waals surface area (Å²) in [4.78, 5) is 8.78. The Balaban J connectivity index is 1.88.